The van der Waals surface area contributed by atoms with Gasteiger partial charge in [0.25, 0.3) is 0 Å². The third-order valence-electron chi connectivity index (χ3n) is 3.61. The summed E-state index contributed by atoms with van der Waals surface area (Å²) in [5.41, 5.74) is 2.08. The Morgan fingerprint density at radius 1 is 1.24 bits per heavy atom. The van der Waals surface area contributed by atoms with Crippen molar-refractivity contribution in [3.63, 3.8) is 0 Å². The fourth-order valence-electron chi connectivity index (χ4n) is 2.65. The number of rotatable bonds is 3. The van der Waals surface area contributed by atoms with Crippen LogP contribution in [0.2, 0.25) is 5.02 Å². The first kappa shape index (κ1) is 13.2. The summed E-state index contributed by atoms with van der Waals surface area (Å²) >= 11 is 9.73. The molecule has 1 N–H and O–H groups in total. The predicted molar refractivity (Wildman–Crippen MR) is 76.4 cm³/mol. The van der Waals surface area contributed by atoms with E-state index < -0.39 is 0 Å². The van der Waals surface area contributed by atoms with Crippen molar-refractivity contribution in [2.45, 2.75) is 44.4 Å². The summed E-state index contributed by atoms with van der Waals surface area (Å²) in [6, 6.07) is 3.82. The van der Waals surface area contributed by atoms with Crippen molar-refractivity contribution >= 4 is 27.5 Å². The van der Waals surface area contributed by atoms with Crippen LogP contribution in [-0.2, 0) is 6.42 Å². The maximum Gasteiger partial charge on any atom is 0.119 e. The molecule has 1 aromatic rings. The number of alkyl halides is 1. The van der Waals surface area contributed by atoms with E-state index >= 15 is 0 Å². The molecule has 17 heavy (non-hydrogen) atoms. The number of aryl methyl sites for hydroxylation is 1. The second-order valence-electron chi connectivity index (χ2n) is 4.78. The maximum absolute atomic E-state index is 10.00. The minimum Gasteiger partial charge on any atom is -0.508 e. The molecule has 0 heterocycles. The molecule has 0 spiro atoms. The molecular weight excluding hydrogens is 300 g/mol. The molecule has 1 saturated carbocycles. The van der Waals surface area contributed by atoms with Crippen molar-refractivity contribution in [1.82, 2.24) is 0 Å². The van der Waals surface area contributed by atoms with Gasteiger partial charge in [0.15, 0.2) is 0 Å². The second kappa shape index (κ2) is 6.10. The van der Waals surface area contributed by atoms with Gasteiger partial charge in [-0.15, -0.1) is 0 Å². The minimum absolute atomic E-state index is 0.398. The van der Waals surface area contributed by atoms with Gasteiger partial charge in [-0.3, -0.25) is 0 Å². The van der Waals surface area contributed by atoms with Crippen LogP contribution in [0.1, 0.15) is 49.1 Å². The first-order valence-corrected chi connectivity index (χ1v) is 7.79. The van der Waals surface area contributed by atoms with Crippen LogP contribution in [0.5, 0.6) is 5.75 Å². The number of aromatic hydroxyl groups is 1. The molecule has 1 aliphatic carbocycles. The van der Waals surface area contributed by atoms with E-state index in [4.69, 9.17) is 11.6 Å². The van der Waals surface area contributed by atoms with Gasteiger partial charge in [-0.05, 0) is 48.4 Å². The Morgan fingerprint density at radius 2 is 1.94 bits per heavy atom. The smallest absolute Gasteiger partial charge is 0.119 e. The molecule has 2 rings (SSSR count). The summed E-state index contributed by atoms with van der Waals surface area (Å²) in [7, 11) is 0. The van der Waals surface area contributed by atoms with Gasteiger partial charge in [-0.2, -0.15) is 0 Å². The van der Waals surface area contributed by atoms with Crippen LogP contribution < -0.4 is 0 Å². The average Bonchev–Trinajstić information content (AvgIpc) is 2.35. The number of benzene rings is 1. The molecule has 0 radical (unpaired) electrons. The lowest BCUT2D eigenvalue weighted by Gasteiger charge is -2.23. The Balaban J connectivity index is 2.25. The molecule has 0 bridgehead atoms. The van der Waals surface area contributed by atoms with Gasteiger partial charge < -0.3 is 5.11 Å². The van der Waals surface area contributed by atoms with E-state index in [1.165, 1.54) is 32.1 Å². The quantitative estimate of drug-likeness (QED) is 0.775. The van der Waals surface area contributed by atoms with Gasteiger partial charge in [-0.1, -0.05) is 46.8 Å². The first-order chi connectivity index (χ1) is 8.22. The molecule has 0 saturated heterocycles. The number of halogens is 2. The zero-order valence-corrected chi connectivity index (χ0v) is 12.2. The van der Waals surface area contributed by atoms with Crippen molar-refractivity contribution in [2.24, 2.45) is 0 Å². The van der Waals surface area contributed by atoms with Crippen molar-refractivity contribution in [2.75, 3.05) is 5.33 Å². The molecule has 0 atom stereocenters. The van der Waals surface area contributed by atoms with E-state index in [-0.39, 0.29) is 0 Å². The van der Waals surface area contributed by atoms with Crippen molar-refractivity contribution in [3.8, 4) is 5.75 Å². The van der Waals surface area contributed by atoms with Gasteiger partial charge in [0.05, 0.1) is 0 Å². The van der Waals surface area contributed by atoms with Gasteiger partial charge in [-0.25, -0.2) is 0 Å². The molecule has 0 unspecified atom stereocenters. The van der Waals surface area contributed by atoms with Gasteiger partial charge in [0.2, 0.25) is 0 Å². The molecular formula is C14H18BrClO. The Labute approximate surface area is 116 Å². The van der Waals surface area contributed by atoms with Crippen LogP contribution >= 0.6 is 27.5 Å². The van der Waals surface area contributed by atoms with Crippen molar-refractivity contribution in [1.29, 1.82) is 0 Å². The lowest BCUT2D eigenvalue weighted by Crippen LogP contribution is -2.05. The zero-order chi connectivity index (χ0) is 12.3. The summed E-state index contributed by atoms with van der Waals surface area (Å²) < 4.78 is 0. The summed E-state index contributed by atoms with van der Waals surface area (Å²) in [6.07, 6.45) is 7.13. The highest BCUT2D eigenvalue weighted by Crippen LogP contribution is 2.39. The Bertz CT molecular complexity index is 386. The average molecular weight is 318 g/mol. The van der Waals surface area contributed by atoms with Crippen LogP contribution in [0, 0.1) is 0 Å². The molecule has 1 aromatic carbocycles. The van der Waals surface area contributed by atoms with Crippen LogP contribution in [0.25, 0.3) is 0 Å². The molecule has 0 amide bonds. The highest BCUT2D eigenvalue weighted by Gasteiger charge is 2.19. The van der Waals surface area contributed by atoms with E-state index in [2.05, 4.69) is 15.9 Å². The monoisotopic (exact) mass is 316 g/mol. The first-order valence-electron chi connectivity index (χ1n) is 6.29. The molecule has 1 fully saturated rings. The molecule has 1 nitrogen and oxygen atoms in total. The van der Waals surface area contributed by atoms with E-state index in [0.29, 0.717) is 11.7 Å². The standard InChI is InChI=1S/C14H18BrClO/c15-7-6-11-8-13(16)12(9-14(11)17)10-4-2-1-3-5-10/h8-10,17H,1-7H2. The Kier molecular flexibility index (Phi) is 4.75. The normalized spacial score (nSPS) is 17.3. The third kappa shape index (κ3) is 3.17. The minimum atomic E-state index is 0.398. The SMILES string of the molecule is Oc1cc(C2CCCCC2)c(Cl)cc1CCBr. The van der Waals surface area contributed by atoms with Crippen molar-refractivity contribution < 1.29 is 5.11 Å². The summed E-state index contributed by atoms with van der Waals surface area (Å²) in [5, 5.41) is 11.7. The zero-order valence-electron chi connectivity index (χ0n) is 9.88. The van der Waals surface area contributed by atoms with Crippen LogP contribution in [0.15, 0.2) is 12.1 Å². The topological polar surface area (TPSA) is 20.2 Å². The van der Waals surface area contributed by atoms with Crippen LogP contribution in [0.3, 0.4) is 0 Å². The van der Waals surface area contributed by atoms with Gasteiger partial charge >= 0.3 is 0 Å². The third-order valence-corrected chi connectivity index (χ3v) is 4.33. The molecule has 0 aliphatic heterocycles. The second-order valence-corrected chi connectivity index (χ2v) is 5.98. The lowest BCUT2D eigenvalue weighted by molar-refractivity contribution is 0.437. The fourth-order valence-corrected chi connectivity index (χ4v) is 3.42. The largest absolute Gasteiger partial charge is 0.508 e. The maximum atomic E-state index is 10.00. The Morgan fingerprint density at radius 3 is 2.59 bits per heavy atom. The molecule has 3 heteroatoms. The predicted octanol–water partition coefficient (Wildman–Crippen LogP) is 5.03. The summed E-state index contributed by atoms with van der Waals surface area (Å²) in [6.45, 7) is 0. The fraction of sp³-hybridized carbons (Fsp3) is 0.571. The number of phenols is 1. The van der Waals surface area contributed by atoms with Gasteiger partial charge in [0, 0.05) is 10.4 Å². The van der Waals surface area contributed by atoms with Gasteiger partial charge in [0.1, 0.15) is 5.75 Å². The summed E-state index contributed by atoms with van der Waals surface area (Å²) in [4.78, 5) is 0. The van der Waals surface area contributed by atoms with E-state index in [1.807, 2.05) is 12.1 Å². The van der Waals surface area contributed by atoms with E-state index in [9.17, 15) is 5.11 Å². The number of hydrogen-bond acceptors (Lipinski definition) is 1. The molecule has 0 aromatic heterocycles. The highest BCUT2D eigenvalue weighted by molar-refractivity contribution is 9.09. The Hall–Kier alpha value is -0.210. The highest BCUT2D eigenvalue weighted by atomic mass is 79.9. The van der Waals surface area contributed by atoms with E-state index in [0.717, 1.165) is 27.9 Å². The number of phenolic OH excluding ortho intramolecular Hbond substituents is 1. The molecule has 94 valence electrons. The number of hydrogen-bond donors (Lipinski definition) is 1. The van der Waals surface area contributed by atoms with Crippen LogP contribution in [0.4, 0.5) is 0 Å². The lowest BCUT2D eigenvalue weighted by atomic mass is 9.83. The van der Waals surface area contributed by atoms with Crippen molar-refractivity contribution in [3.05, 3.63) is 28.3 Å². The molecule has 1 aliphatic rings. The van der Waals surface area contributed by atoms with E-state index in [1.54, 1.807) is 0 Å². The van der Waals surface area contributed by atoms with Crippen LogP contribution in [-0.4, -0.2) is 10.4 Å². The summed E-state index contributed by atoms with van der Waals surface area (Å²) in [5.74, 6) is 0.939.